The lowest BCUT2D eigenvalue weighted by Gasteiger charge is -2.24. The summed E-state index contributed by atoms with van der Waals surface area (Å²) in [6.45, 7) is 9.72. The Morgan fingerprint density at radius 2 is 2.15 bits per heavy atom. The minimum Gasteiger partial charge on any atom is -0.368 e. The number of rotatable bonds is 6. The van der Waals surface area contributed by atoms with Crippen LogP contribution in [-0.2, 0) is 0 Å². The zero-order chi connectivity index (χ0) is 14.5. The van der Waals surface area contributed by atoms with Gasteiger partial charge in [0.25, 0.3) is 0 Å². The van der Waals surface area contributed by atoms with E-state index in [0.29, 0.717) is 17.8 Å². The molecule has 1 saturated heterocycles. The molecule has 1 aromatic rings. The predicted octanol–water partition coefficient (Wildman–Crippen LogP) is 1.78. The number of nitrogens with zero attached hydrogens (tertiary/aromatic N) is 3. The van der Waals surface area contributed by atoms with E-state index in [4.69, 9.17) is 5.84 Å². The maximum absolute atomic E-state index is 5.54. The molecule has 1 aromatic heterocycles. The zero-order valence-corrected chi connectivity index (χ0v) is 12.7. The molecule has 1 aliphatic rings. The summed E-state index contributed by atoms with van der Waals surface area (Å²) in [4.78, 5) is 11.1. The molecule has 0 spiro atoms. The van der Waals surface area contributed by atoms with Gasteiger partial charge < -0.3 is 10.7 Å². The monoisotopic (exact) mass is 278 g/mol. The normalized spacial score (nSPS) is 19.6. The van der Waals surface area contributed by atoms with Crippen LogP contribution in [0.15, 0.2) is 6.33 Å². The second-order valence-corrected chi connectivity index (χ2v) is 5.59. The molecule has 0 saturated carbocycles. The number of likely N-dealkylation sites (N-methyl/N-ethyl adjacent to an activating group) is 1. The van der Waals surface area contributed by atoms with Crippen molar-refractivity contribution < 1.29 is 0 Å². The molecule has 1 unspecified atom stereocenters. The third-order valence-corrected chi connectivity index (χ3v) is 4.01. The van der Waals surface area contributed by atoms with Gasteiger partial charge in [0.2, 0.25) is 0 Å². The van der Waals surface area contributed by atoms with Crippen LogP contribution in [0.25, 0.3) is 0 Å². The maximum atomic E-state index is 5.54. The fraction of sp³-hybridized carbons (Fsp3) is 0.714. The van der Waals surface area contributed by atoms with Crippen molar-refractivity contribution >= 4 is 11.6 Å². The van der Waals surface area contributed by atoms with Crippen LogP contribution in [0.5, 0.6) is 0 Å². The van der Waals surface area contributed by atoms with Gasteiger partial charge in [-0.3, -0.25) is 4.90 Å². The van der Waals surface area contributed by atoms with Gasteiger partial charge in [-0.15, -0.1) is 0 Å². The average molecular weight is 278 g/mol. The summed E-state index contributed by atoms with van der Waals surface area (Å²) < 4.78 is 0. The van der Waals surface area contributed by atoms with Gasteiger partial charge in [-0.05, 0) is 31.8 Å². The van der Waals surface area contributed by atoms with E-state index in [2.05, 4.69) is 46.4 Å². The minimum absolute atomic E-state index is 0.315. The molecule has 2 rings (SSSR count). The highest BCUT2D eigenvalue weighted by atomic mass is 15.3. The van der Waals surface area contributed by atoms with Crippen LogP contribution in [0, 0.1) is 0 Å². The van der Waals surface area contributed by atoms with Crippen molar-refractivity contribution in [1.29, 1.82) is 0 Å². The number of nitrogen functional groups attached to an aromatic ring is 1. The Morgan fingerprint density at radius 3 is 2.80 bits per heavy atom. The first-order valence-corrected chi connectivity index (χ1v) is 7.46. The summed E-state index contributed by atoms with van der Waals surface area (Å²) in [5, 5.41) is 3.49. The van der Waals surface area contributed by atoms with Crippen LogP contribution >= 0.6 is 0 Å². The molecular formula is C14H26N6. The lowest BCUT2D eigenvalue weighted by atomic mass is 10.0. The van der Waals surface area contributed by atoms with E-state index in [1.807, 2.05) is 0 Å². The summed E-state index contributed by atoms with van der Waals surface area (Å²) >= 11 is 0. The van der Waals surface area contributed by atoms with Gasteiger partial charge >= 0.3 is 0 Å². The van der Waals surface area contributed by atoms with Crippen molar-refractivity contribution in [3.63, 3.8) is 0 Å². The van der Waals surface area contributed by atoms with Gasteiger partial charge in [-0.25, -0.2) is 15.8 Å². The second kappa shape index (κ2) is 6.85. The van der Waals surface area contributed by atoms with Crippen LogP contribution in [-0.4, -0.2) is 40.5 Å². The number of nitrogens with one attached hydrogen (secondary N) is 2. The first-order valence-electron chi connectivity index (χ1n) is 7.46. The highest BCUT2D eigenvalue weighted by molar-refractivity contribution is 5.58. The number of nitrogens with two attached hydrogens (primary N) is 1. The average Bonchev–Trinajstić information content (AvgIpc) is 2.91. The van der Waals surface area contributed by atoms with Crippen LogP contribution in [0.4, 0.5) is 11.6 Å². The van der Waals surface area contributed by atoms with Gasteiger partial charge in [-0.1, -0.05) is 20.8 Å². The highest BCUT2D eigenvalue weighted by Crippen LogP contribution is 2.28. The molecule has 6 nitrogen and oxygen atoms in total. The van der Waals surface area contributed by atoms with E-state index < -0.39 is 0 Å². The molecule has 112 valence electrons. The molecule has 0 amide bonds. The largest absolute Gasteiger partial charge is 0.368 e. The number of hydrogen-bond donors (Lipinski definition) is 3. The molecule has 0 aliphatic carbocycles. The Hall–Kier alpha value is -1.40. The van der Waals surface area contributed by atoms with Gasteiger partial charge in [0.05, 0.1) is 0 Å². The fourth-order valence-corrected chi connectivity index (χ4v) is 2.96. The van der Waals surface area contributed by atoms with Gasteiger partial charge in [-0.2, -0.15) is 0 Å². The van der Waals surface area contributed by atoms with Crippen LogP contribution in [0.2, 0.25) is 0 Å². The molecule has 1 atom stereocenters. The molecule has 6 heteroatoms. The molecular weight excluding hydrogens is 252 g/mol. The maximum Gasteiger partial charge on any atom is 0.148 e. The van der Waals surface area contributed by atoms with E-state index in [1.54, 1.807) is 6.33 Å². The van der Waals surface area contributed by atoms with Gasteiger partial charge in [0.15, 0.2) is 0 Å². The number of hydrazine groups is 1. The molecule has 20 heavy (non-hydrogen) atoms. The summed E-state index contributed by atoms with van der Waals surface area (Å²) in [6, 6.07) is 0.601. The molecule has 2 heterocycles. The Morgan fingerprint density at radius 1 is 1.40 bits per heavy atom. The number of hydrogen-bond acceptors (Lipinski definition) is 6. The molecule has 0 aromatic carbocycles. The first-order chi connectivity index (χ1) is 9.67. The van der Waals surface area contributed by atoms with Crippen molar-refractivity contribution in [2.24, 2.45) is 5.84 Å². The number of aromatic nitrogens is 2. The standard InChI is InChI=1S/C14H26N6/c1-4-20-7-5-6-11(20)8-16-13-12(10(2)3)14(19-15)18-9-17-13/h9-11H,4-8,15H2,1-3H3,(H2,16,17,18,19). The first kappa shape index (κ1) is 15.0. The lowest BCUT2D eigenvalue weighted by molar-refractivity contribution is 0.277. The second-order valence-electron chi connectivity index (χ2n) is 5.59. The minimum atomic E-state index is 0.315. The Balaban J connectivity index is 2.09. The summed E-state index contributed by atoms with van der Waals surface area (Å²) in [6.07, 6.45) is 4.09. The van der Waals surface area contributed by atoms with E-state index in [-0.39, 0.29) is 0 Å². The van der Waals surface area contributed by atoms with Crippen LogP contribution < -0.4 is 16.6 Å². The lowest BCUT2D eigenvalue weighted by Crippen LogP contribution is -2.35. The van der Waals surface area contributed by atoms with Gasteiger partial charge in [0.1, 0.15) is 18.0 Å². The van der Waals surface area contributed by atoms with E-state index in [1.165, 1.54) is 19.4 Å². The predicted molar refractivity (Wildman–Crippen MR) is 82.7 cm³/mol. The Bertz CT molecular complexity index is 434. The third kappa shape index (κ3) is 3.19. The van der Waals surface area contributed by atoms with Crippen LogP contribution in [0.3, 0.4) is 0 Å². The van der Waals surface area contributed by atoms with Crippen molar-refractivity contribution in [2.75, 3.05) is 30.4 Å². The van der Waals surface area contributed by atoms with E-state index >= 15 is 0 Å². The number of anilines is 2. The molecule has 0 radical (unpaired) electrons. The van der Waals surface area contributed by atoms with Crippen molar-refractivity contribution in [2.45, 2.75) is 45.6 Å². The van der Waals surface area contributed by atoms with E-state index in [0.717, 1.165) is 24.5 Å². The third-order valence-electron chi connectivity index (χ3n) is 4.01. The van der Waals surface area contributed by atoms with Crippen LogP contribution in [0.1, 0.15) is 45.1 Å². The topological polar surface area (TPSA) is 79.1 Å². The molecule has 4 N–H and O–H groups in total. The summed E-state index contributed by atoms with van der Waals surface area (Å²) in [5.41, 5.74) is 3.72. The van der Waals surface area contributed by atoms with Crippen molar-refractivity contribution in [3.05, 3.63) is 11.9 Å². The number of likely N-dealkylation sites (tertiary alicyclic amines) is 1. The quantitative estimate of drug-likeness (QED) is 0.544. The SMILES string of the molecule is CCN1CCCC1CNc1ncnc(NN)c1C(C)C. The Labute approximate surface area is 121 Å². The Kier molecular flexibility index (Phi) is 5.14. The van der Waals surface area contributed by atoms with Gasteiger partial charge in [0, 0.05) is 18.2 Å². The van der Waals surface area contributed by atoms with Crippen molar-refractivity contribution in [1.82, 2.24) is 14.9 Å². The molecule has 0 bridgehead atoms. The van der Waals surface area contributed by atoms with E-state index in [9.17, 15) is 0 Å². The molecule has 1 aliphatic heterocycles. The fourth-order valence-electron chi connectivity index (χ4n) is 2.96. The smallest absolute Gasteiger partial charge is 0.148 e. The summed E-state index contributed by atoms with van der Waals surface area (Å²) in [5.74, 6) is 7.46. The molecule has 1 fully saturated rings. The zero-order valence-electron chi connectivity index (χ0n) is 12.7. The highest BCUT2D eigenvalue weighted by Gasteiger charge is 2.23. The van der Waals surface area contributed by atoms with Crippen molar-refractivity contribution in [3.8, 4) is 0 Å². The summed E-state index contributed by atoms with van der Waals surface area (Å²) in [7, 11) is 0.